The molecule has 3 aromatic carbocycles. The van der Waals surface area contributed by atoms with E-state index in [0.29, 0.717) is 18.1 Å². The molecule has 3 aromatic rings. The third-order valence-corrected chi connectivity index (χ3v) is 6.96. The number of rotatable bonds is 10. The molecule has 0 heterocycles. The van der Waals surface area contributed by atoms with Crippen LogP contribution in [0.3, 0.4) is 0 Å². The zero-order chi connectivity index (χ0) is 29.9. The molecule has 0 bridgehead atoms. The molecule has 0 aromatic heterocycles. The first-order valence-electron chi connectivity index (χ1n) is 12.7. The van der Waals surface area contributed by atoms with E-state index in [1.54, 1.807) is 12.1 Å². The SMILES string of the molecule is C=CC1CCC(c2ccc(OC(F)(F)c3ccc(OC(F)(F)COc4ccc(C)c(F)c4F)c(F)c3F)cc2)CC1. The van der Waals surface area contributed by atoms with Crippen LogP contribution in [0.25, 0.3) is 0 Å². The smallest absolute Gasteiger partial charge is 0.433 e. The highest BCUT2D eigenvalue weighted by molar-refractivity contribution is 5.35. The Kier molecular flexibility index (Phi) is 8.84. The van der Waals surface area contributed by atoms with Gasteiger partial charge in [0.15, 0.2) is 29.7 Å². The zero-order valence-electron chi connectivity index (χ0n) is 21.8. The van der Waals surface area contributed by atoms with Gasteiger partial charge in [0.1, 0.15) is 11.3 Å². The molecule has 1 saturated carbocycles. The van der Waals surface area contributed by atoms with E-state index in [1.807, 2.05) is 6.08 Å². The molecule has 4 rings (SSSR count). The van der Waals surface area contributed by atoms with E-state index in [9.17, 15) is 35.1 Å². The zero-order valence-corrected chi connectivity index (χ0v) is 21.8. The van der Waals surface area contributed by atoms with Crippen LogP contribution in [0.15, 0.2) is 61.2 Å². The lowest BCUT2D eigenvalue weighted by Gasteiger charge is -2.27. The molecular weight excluding hydrogens is 560 g/mol. The summed E-state index contributed by atoms with van der Waals surface area (Å²) in [4.78, 5) is 0. The quantitative estimate of drug-likeness (QED) is 0.175. The average molecular weight is 587 g/mol. The van der Waals surface area contributed by atoms with Gasteiger partial charge in [0.05, 0.1) is 0 Å². The molecule has 0 aliphatic heterocycles. The summed E-state index contributed by atoms with van der Waals surface area (Å²) >= 11 is 0. The Bertz CT molecular complexity index is 1380. The van der Waals surface area contributed by atoms with E-state index in [1.165, 1.54) is 19.1 Å². The van der Waals surface area contributed by atoms with Crippen molar-refractivity contribution in [3.63, 3.8) is 0 Å². The van der Waals surface area contributed by atoms with Gasteiger partial charge in [-0.15, -0.1) is 6.58 Å². The number of benzene rings is 3. The fourth-order valence-corrected chi connectivity index (χ4v) is 4.63. The summed E-state index contributed by atoms with van der Waals surface area (Å²) in [5, 5.41) is 0. The van der Waals surface area contributed by atoms with Crippen molar-refractivity contribution in [2.75, 3.05) is 6.61 Å². The number of ether oxygens (including phenoxy) is 3. The number of allylic oxidation sites excluding steroid dienone is 1. The molecular formula is C30H26F8O3. The molecule has 0 amide bonds. The Labute approximate surface area is 231 Å². The fraction of sp³-hybridized carbons (Fsp3) is 0.333. The minimum Gasteiger partial charge on any atom is -0.480 e. The lowest BCUT2D eigenvalue weighted by Crippen LogP contribution is -2.33. The lowest BCUT2D eigenvalue weighted by atomic mass is 9.79. The maximum atomic E-state index is 14.8. The summed E-state index contributed by atoms with van der Waals surface area (Å²) in [5.74, 6) is -9.06. The molecule has 0 spiro atoms. The molecule has 1 aliphatic rings. The minimum absolute atomic E-state index is 0.102. The first-order valence-corrected chi connectivity index (χ1v) is 12.7. The van der Waals surface area contributed by atoms with Crippen molar-refractivity contribution in [2.24, 2.45) is 5.92 Å². The van der Waals surface area contributed by atoms with Crippen molar-refractivity contribution in [1.29, 1.82) is 0 Å². The molecule has 1 fully saturated rings. The number of halogens is 8. The number of hydrogen-bond acceptors (Lipinski definition) is 3. The Hall–Kier alpha value is -3.76. The van der Waals surface area contributed by atoms with Gasteiger partial charge in [0, 0.05) is 0 Å². The predicted molar refractivity (Wildman–Crippen MR) is 134 cm³/mol. The van der Waals surface area contributed by atoms with Crippen LogP contribution in [0.4, 0.5) is 35.1 Å². The molecule has 1 aliphatic carbocycles. The van der Waals surface area contributed by atoms with Crippen LogP contribution < -0.4 is 14.2 Å². The predicted octanol–water partition coefficient (Wildman–Crippen LogP) is 9.19. The minimum atomic E-state index is -4.38. The molecule has 0 atom stereocenters. The van der Waals surface area contributed by atoms with Crippen LogP contribution in [-0.2, 0) is 6.11 Å². The van der Waals surface area contributed by atoms with Gasteiger partial charge in [-0.25, -0.2) is 8.78 Å². The van der Waals surface area contributed by atoms with Crippen molar-refractivity contribution in [1.82, 2.24) is 0 Å². The normalized spacial score (nSPS) is 17.7. The van der Waals surface area contributed by atoms with Crippen molar-refractivity contribution in [2.45, 2.75) is 50.7 Å². The van der Waals surface area contributed by atoms with Crippen LogP contribution in [0, 0.1) is 36.1 Å². The molecule has 0 N–H and O–H groups in total. The molecule has 41 heavy (non-hydrogen) atoms. The highest BCUT2D eigenvalue weighted by atomic mass is 19.3. The van der Waals surface area contributed by atoms with E-state index < -0.39 is 59.2 Å². The molecule has 220 valence electrons. The van der Waals surface area contributed by atoms with Gasteiger partial charge < -0.3 is 14.2 Å². The number of aryl methyl sites for hydroxylation is 1. The summed E-state index contributed by atoms with van der Waals surface area (Å²) in [6.45, 7) is 3.32. The van der Waals surface area contributed by atoms with Gasteiger partial charge in [0.25, 0.3) is 0 Å². The first-order chi connectivity index (χ1) is 19.3. The second-order valence-corrected chi connectivity index (χ2v) is 9.81. The van der Waals surface area contributed by atoms with Gasteiger partial charge in [-0.1, -0.05) is 24.3 Å². The van der Waals surface area contributed by atoms with Crippen LogP contribution in [-0.4, -0.2) is 12.7 Å². The Morgan fingerprint density at radius 3 is 2.00 bits per heavy atom. The van der Waals surface area contributed by atoms with Crippen LogP contribution in [0.5, 0.6) is 17.2 Å². The van der Waals surface area contributed by atoms with Crippen molar-refractivity contribution in [3.05, 3.63) is 101 Å². The summed E-state index contributed by atoms with van der Waals surface area (Å²) in [6, 6.07) is 8.50. The van der Waals surface area contributed by atoms with Gasteiger partial charge in [-0.3, -0.25) is 0 Å². The number of hydrogen-bond donors (Lipinski definition) is 0. The van der Waals surface area contributed by atoms with E-state index in [4.69, 9.17) is 0 Å². The summed E-state index contributed by atoms with van der Waals surface area (Å²) in [6.07, 6.45) is -3.05. The highest BCUT2D eigenvalue weighted by Crippen LogP contribution is 2.39. The number of alkyl halides is 4. The van der Waals surface area contributed by atoms with Crippen LogP contribution in [0.1, 0.15) is 48.3 Å². The molecule has 0 radical (unpaired) electrons. The van der Waals surface area contributed by atoms with E-state index in [0.717, 1.165) is 43.4 Å². The summed E-state index contributed by atoms with van der Waals surface area (Å²) < 4.78 is 128. The Balaban J connectivity index is 1.42. The fourth-order valence-electron chi connectivity index (χ4n) is 4.63. The molecule has 3 nitrogen and oxygen atoms in total. The van der Waals surface area contributed by atoms with Crippen molar-refractivity contribution < 1.29 is 49.3 Å². The third kappa shape index (κ3) is 6.94. The third-order valence-electron chi connectivity index (χ3n) is 6.96. The maximum absolute atomic E-state index is 14.8. The van der Waals surface area contributed by atoms with E-state index >= 15 is 0 Å². The monoisotopic (exact) mass is 586 g/mol. The topological polar surface area (TPSA) is 27.7 Å². The Morgan fingerprint density at radius 2 is 1.37 bits per heavy atom. The standard InChI is InChI=1S/C30H26F8O3/c1-3-18-5-7-19(8-6-18)20-9-11-21(12-10-20)40-30(37,38)22-13-15-24(28(34)26(22)32)41-29(35,36)16-39-23-14-4-17(2)25(31)27(23)33/h3-4,9-15,18-19H,1,5-8,16H2,2H3. The maximum Gasteiger partial charge on any atom is 0.433 e. The van der Waals surface area contributed by atoms with Gasteiger partial charge >= 0.3 is 12.2 Å². The van der Waals surface area contributed by atoms with Gasteiger partial charge in [-0.2, -0.15) is 26.3 Å². The average Bonchev–Trinajstić information content (AvgIpc) is 2.94. The molecule has 0 saturated heterocycles. The van der Waals surface area contributed by atoms with Crippen molar-refractivity contribution >= 4 is 0 Å². The first kappa shape index (κ1) is 30.2. The van der Waals surface area contributed by atoms with Crippen LogP contribution in [0.2, 0.25) is 0 Å². The second-order valence-electron chi connectivity index (χ2n) is 9.81. The van der Waals surface area contributed by atoms with Crippen molar-refractivity contribution in [3.8, 4) is 17.2 Å². The summed E-state index contributed by atoms with van der Waals surface area (Å²) in [5.41, 5.74) is -0.720. The van der Waals surface area contributed by atoms with E-state index in [-0.39, 0.29) is 17.2 Å². The molecule has 0 unspecified atom stereocenters. The Morgan fingerprint density at radius 1 is 0.756 bits per heavy atom. The molecule has 11 heteroatoms. The highest BCUT2D eigenvalue weighted by Gasteiger charge is 2.41. The largest absolute Gasteiger partial charge is 0.480 e. The lowest BCUT2D eigenvalue weighted by molar-refractivity contribution is -0.197. The van der Waals surface area contributed by atoms with Gasteiger partial charge in [0.2, 0.25) is 11.6 Å². The van der Waals surface area contributed by atoms with Gasteiger partial charge in [-0.05, 0) is 85.9 Å². The van der Waals surface area contributed by atoms with E-state index in [2.05, 4.69) is 20.8 Å². The summed E-state index contributed by atoms with van der Waals surface area (Å²) in [7, 11) is 0. The van der Waals surface area contributed by atoms with Crippen LogP contribution >= 0.6 is 0 Å². The second kappa shape index (κ2) is 12.0.